The summed E-state index contributed by atoms with van der Waals surface area (Å²) in [7, 11) is 0. The van der Waals surface area contributed by atoms with Crippen LogP contribution < -0.4 is 0 Å². The van der Waals surface area contributed by atoms with E-state index in [1.54, 1.807) is 6.92 Å². The molecular formula is C18H36O. The van der Waals surface area contributed by atoms with Crippen molar-refractivity contribution < 1.29 is 4.79 Å². The lowest BCUT2D eigenvalue weighted by molar-refractivity contribution is -0.117. The van der Waals surface area contributed by atoms with Crippen LogP contribution in [0.2, 0.25) is 0 Å². The van der Waals surface area contributed by atoms with E-state index in [2.05, 4.69) is 6.92 Å². The van der Waals surface area contributed by atoms with Crippen molar-refractivity contribution in [2.75, 3.05) is 0 Å². The summed E-state index contributed by atoms with van der Waals surface area (Å²) in [6, 6.07) is 0. The number of carbonyl (C=O) groups excluding carboxylic acids is 1. The zero-order chi connectivity index (χ0) is 14.2. The van der Waals surface area contributed by atoms with Crippen molar-refractivity contribution in [1.29, 1.82) is 0 Å². The molecule has 0 aliphatic carbocycles. The van der Waals surface area contributed by atoms with Gasteiger partial charge in [-0.25, -0.2) is 0 Å². The first kappa shape index (κ1) is 18.7. The van der Waals surface area contributed by atoms with Crippen LogP contribution in [-0.4, -0.2) is 5.78 Å². The molecule has 0 saturated heterocycles. The molecule has 0 aliphatic rings. The molecule has 0 atom stereocenters. The second-order valence-corrected chi connectivity index (χ2v) is 6.05. The Kier molecular flexibility index (Phi) is 15.5. The summed E-state index contributed by atoms with van der Waals surface area (Å²) in [6.07, 6.45) is 20.1. The molecular weight excluding hydrogens is 232 g/mol. The van der Waals surface area contributed by atoms with Crippen molar-refractivity contribution in [2.24, 2.45) is 0 Å². The number of carbonyl (C=O) groups is 1. The average molecular weight is 268 g/mol. The fourth-order valence-corrected chi connectivity index (χ4v) is 2.57. The van der Waals surface area contributed by atoms with Gasteiger partial charge in [-0.2, -0.15) is 0 Å². The first-order valence-electron chi connectivity index (χ1n) is 8.76. The molecule has 0 aromatic carbocycles. The van der Waals surface area contributed by atoms with Crippen LogP contribution in [0.25, 0.3) is 0 Å². The lowest BCUT2D eigenvalue weighted by Gasteiger charge is -2.02. The maximum absolute atomic E-state index is 10.8. The highest BCUT2D eigenvalue weighted by Gasteiger charge is 1.95. The maximum atomic E-state index is 10.8. The zero-order valence-electron chi connectivity index (χ0n) is 13.5. The Balaban J connectivity index is 2.93. The fourth-order valence-electron chi connectivity index (χ4n) is 2.57. The number of ketones is 1. The van der Waals surface area contributed by atoms with Gasteiger partial charge in [0.1, 0.15) is 5.78 Å². The number of Topliss-reactive ketones (excluding diaryl/α,β-unsaturated/α-hetero) is 1. The quantitative estimate of drug-likeness (QED) is 0.312. The van der Waals surface area contributed by atoms with Gasteiger partial charge in [-0.1, -0.05) is 90.4 Å². The van der Waals surface area contributed by atoms with E-state index >= 15 is 0 Å². The van der Waals surface area contributed by atoms with E-state index in [0.29, 0.717) is 5.78 Å². The van der Waals surface area contributed by atoms with E-state index in [1.165, 1.54) is 83.5 Å². The minimum absolute atomic E-state index is 0.346. The van der Waals surface area contributed by atoms with E-state index in [9.17, 15) is 4.79 Å². The maximum Gasteiger partial charge on any atom is 0.129 e. The molecule has 0 aromatic rings. The monoisotopic (exact) mass is 268 g/mol. The number of rotatable bonds is 15. The molecule has 19 heavy (non-hydrogen) atoms. The van der Waals surface area contributed by atoms with Crippen molar-refractivity contribution in [2.45, 2.75) is 110 Å². The predicted octanol–water partition coefficient (Wildman–Crippen LogP) is 6.45. The summed E-state index contributed by atoms with van der Waals surface area (Å²) in [5.74, 6) is 0.346. The first-order valence-corrected chi connectivity index (χ1v) is 8.76. The van der Waals surface area contributed by atoms with Crippen LogP contribution in [0.4, 0.5) is 0 Å². The van der Waals surface area contributed by atoms with E-state index in [-0.39, 0.29) is 0 Å². The highest BCUT2D eigenvalue weighted by atomic mass is 16.1. The summed E-state index contributed by atoms with van der Waals surface area (Å²) in [5.41, 5.74) is 0. The van der Waals surface area contributed by atoms with Gasteiger partial charge in [0.15, 0.2) is 0 Å². The fraction of sp³-hybridized carbons (Fsp3) is 0.944. The second kappa shape index (κ2) is 15.7. The number of hydrogen-bond donors (Lipinski definition) is 0. The molecule has 1 nitrogen and oxygen atoms in total. The Bertz CT molecular complexity index is 186. The first-order chi connectivity index (χ1) is 9.27. The van der Waals surface area contributed by atoms with Gasteiger partial charge in [0, 0.05) is 6.42 Å². The van der Waals surface area contributed by atoms with Crippen molar-refractivity contribution >= 4 is 5.78 Å². The van der Waals surface area contributed by atoms with Gasteiger partial charge in [-0.05, 0) is 13.3 Å². The third kappa shape index (κ3) is 17.7. The molecule has 0 radical (unpaired) electrons. The molecule has 0 saturated carbocycles. The van der Waals surface area contributed by atoms with Crippen LogP contribution in [-0.2, 0) is 4.79 Å². The predicted molar refractivity (Wildman–Crippen MR) is 85.6 cm³/mol. The highest BCUT2D eigenvalue weighted by Crippen LogP contribution is 2.13. The molecule has 0 N–H and O–H groups in total. The largest absolute Gasteiger partial charge is 0.300 e. The average Bonchev–Trinajstić information content (AvgIpc) is 2.39. The van der Waals surface area contributed by atoms with Crippen LogP contribution in [0.3, 0.4) is 0 Å². The minimum atomic E-state index is 0.346. The molecule has 114 valence electrons. The summed E-state index contributed by atoms with van der Waals surface area (Å²) in [5, 5.41) is 0. The van der Waals surface area contributed by atoms with Crippen molar-refractivity contribution in [3.63, 3.8) is 0 Å². The number of unbranched alkanes of at least 4 members (excludes halogenated alkanes) is 13. The Labute approximate surface area is 121 Å². The topological polar surface area (TPSA) is 17.1 Å². The molecule has 0 rings (SSSR count). The van der Waals surface area contributed by atoms with Crippen molar-refractivity contribution in [3.8, 4) is 0 Å². The van der Waals surface area contributed by atoms with Crippen LogP contribution in [0.5, 0.6) is 0 Å². The van der Waals surface area contributed by atoms with Crippen LogP contribution >= 0.6 is 0 Å². The van der Waals surface area contributed by atoms with E-state index in [4.69, 9.17) is 0 Å². The normalized spacial score (nSPS) is 10.8. The van der Waals surface area contributed by atoms with Crippen LogP contribution in [0.1, 0.15) is 110 Å². The third-order valence-electron chi connectivity index (χ3n) is 3.88. The summed E-state index contributed by atoms with van der Waals surface area (Å²) in [4.78, 5) is 10.8. The third-order valence-corrected chi connectivity index (χ3v) is 3.88. The summed E-state index contributed by atoms with van der Waals surface area (Å²) < 4.78 is 0. The summed E-state index contributed by atoms with van der Waals surface area (Å²) in [6.45, 7) is 3.97. The van der Waals surface area contributed by atoms with Gasteiger partial charge < -0.3 is 4.79 Å². The van der Waals surface area contributed by atoms with Gasteiger partial charge >= 0.3 is 0 Å². The van der Waals surface area contributed by atoms with Crippen molar-refractivity contribution in [3.05, 3.63) is 0 Å². The van der Waals surface area contributed by atoms with Crippen LogP contribution in [0.15, 0.2) is 0 Å². The van der Waals surface area contributed by atoms with E-state index in [0.717, 1.165) is 12.8 Å². The molecule has 0 unspecified atom stereocenters. The van der Waals surface area contributed by atoms with Crippen LogP contribution in [0, 0.1) is 0 Å². The van der Waals surface area contributed by atoms with Gasteiger partial charge in [0.25, 0.3) is 0 Å². The molecule has 0 amide bonds. The van der Waals surface area contributed by atoms with E-state index < -0.39 is 0 Å². The molecule has 0 aromatic heterocycles. The number of hydrogen-bond acceptors (Lipinski definition) is 1. The lowest BCUT2D eigenvalue weighted by atomic mass is 10.0. The second-order valence-electron chi connectivity index (χ2n) is 6.05. The van der Waals surface area contributed by atoms with E-state index in [1.807, 2.05) is 0 Å². The zero-order valence-corrected chi connectivity index (χ0v) is 13.5. The molecule has 0 bridgehead atoms. The van der Waals surface area contributed by atoms with Gasteiger partial charge in [-0.15, -0.1) is 0 Å². The summed E-state index contributed by atoms with van der Waals surface area (Å²) >= 11 is 0. The molecule has 0 heterocycles. The van der Waals surface area contributed by atoms with Gasteiger partial charge in [-0.3, -0.25) is 0 Å². The SMILES string of the molecule is CCCCCCCCCCCCCCCCC(C)=O. The Morgan fingerprint density at radius 1 is 0.579 bits per heavy atom. The smallest absolute Gasteiger partial charge is 0.129 e. The molecule has 0 spiro atoms. The Hall–Kier alpha value is -0.330. The standard InChI is InChI=1S/C18H36O/c1-3-4-5-6-7-8-9-10-11-12-13-14-15-16-17-18(2)19/h3-17H2,1-2H3. The molecule has 1 heteroatoms. The highest BCUT2D eigenvalue weighted by molar-refractivity contribution is 5.75. The Morgan fingerprint density at radius 2 is 0.895 bits per heavy atom. The molecule has 0 aliphatic heterocycles. The minimum Gasteiger partial charge on any atom is -0.300 e. The molecule has 0 fully saturated rings. The van der Waals surface area contributed by atoms with Gasteiger partial charge in [0.05, 0.1) is 0 Å². The lowest BCUT2D eigenvalue weighted by Crippen LogP contribution is -1.89. The van der Waals surface area contributed by atoms with Gasteiger partial charge in [0.2, 0.25) is 0 Å². The van der Waals surface area contributed by atoms with Crippen molar-refractivity contribution in [1.82, 2.24) is 0 Å². The Morgan fingerprint density at radius 3 is 1.21 bits per heavy atom.